The number of piperidine rings is 1. The lowest BCUT2D eigenvalue weighted by molar-refractivity contribution is 0.119. The average molecular weight is 296 g/mol. The molecule has 1 N–H and O–H groups in total. The van der Waals surface area contributed by atoms with Gasteiger partial charge in [-0.05, 0) is 54.0 Å². The number of nitrogens with one attached hydrogen (secondary N) is 1. The van der Waals surface area contributed by atoms with Gasteiger partial charge in [-0.25, -0.2) is 0 Å². The Hall–Kier alpha value is -1.28. The van der Waals surface area contributed by atoms with E-state index in [-0.39, 0.29) is 5.41 Å². The Balaban J connectivity index is 1.93. The van der Waals surface area contributed by atoms with Crippen LogP contribution in [-0.2, 0) is 11.8 Å². The van der Waals surface area contributed by atoms with Crippen molar-refractivity contribution >= 4 is 10.9 Å². The predicted molar refractivity (Wildman–Crippen MR) is 93.6 cm³/mol. The van der Waals surface area contributed by atoms with Gasteiger partial charge in [-0.1, -0.05) is 33.8 Å². The molecule has 2 nitrogen and oxygen atoms in total. The number of hydrogen-bond donors (Lipinski definition) is 1. The highest BCUT2D eigenvalue weighted by Crippen LogP contribution is 2.45. The van der Waals surface area contributed by atoms with Gasteiger partial charge in [-0.3, -0.25) is 0 Å². The van der Waals surface area contributed by atoms with Gasteiger partial charge >= 0.3 is 0 Å². The van der Waals surface area contributed by atoms with Gasteiger partial charge in [0.2, 0.25) is 0 Å². The van der Waals surface area contributed by atoms with Crippen molar-refractivity contribution in [3.05, 3.63) is 35.0 Å². The van der Waals surface area contributed by atoms with E-state index < -0.39 is 0 Å². The van der Waals surface area contributed by atoms with E-state index in [2.05, 4.69) is 63.0 Å². The van der Waals surface area contributed by atoms with Crippen LogP contribution in [0.3, 0.4) is 0 Å². The number of benzene rings is 1. The van der Waals surface area contributed by atoms with E-state index in [1.807, 2.05) is 0 Å². The topological polar surface area (TPSA) is 19.0 Å². The van der Waals surface area contributed by atoms with Crippen LogP contribution in [0.5, 0.6) is 0 Å². The third kappa shape index (κ3) is 2.04. The molecule has 0 amide bonds. The maximum atomic E-state index is 3.55. The summed E-state index contributed by atoms with van der Waals surface area (Å²) < 4.78 is 0. The zero-order chi connectivity index (χ0) is 15.6. The molecule has 4 rings (SSSR count). The van der Waals surface area contributed by atoms with Gasteiger partial charge in [0, 0.05) is 35.6 Å². The number of rotatable bonds is 0. The number of nitrogens with zero attached hydrogens (tertiary/aromatic N) is 1. The van der Waals surface area contributed by atoms with Gasteiger partial charge in [-0.15, -0.1) is 0 Å². The van der Waals surface area contributed by atoms with Crippen molar-refractivity contribution in [3.63, 3.8) is 0 Å². The first-order chi connectivity index (χ1) is 10.3. The van der Waals surface area contributed by atoms with Crippen LogP contribution >= 0.6 is 0 Å². The molecule has 1 saturated heterocycles. The molecule has 2 aliphatic rings. The molecule has 1 aromatic carbocycles. The fourth-order valence-electron chi connectivity index (χ4n) is 4.72. The Bertz CT molecular complexity index is 719. The largest absolute Gasteiger partial charge is 0.361 e. The first-order valence-electron chi connectivity index (χ1n) is 8.69. The van der Waals surface area contributed by atoms with Gasteiger partial charge in [0.05, 0.1) is 0 Å². The lowest BCUT2D eigenvalue weighted by Crippen LogP contribution is -2.47. The quantitative estimate of drug-likeness (QED) is 0.761. The molecule has 22 heavy (non-hydrogen) atoms. The summed E-state index contributed by atoms with van der Waals surface area (Å²) in [4.78, 5) is 6.15. The molecule has 2 aromatic rings. The highest BCUT2D eigenvalue weighted by Gasteiger charge is 2.38. The van der Waals surface area contributed by atoms with Crippen LogP contribution in [0.4, 0.5) is 0 Å². The van der Waals surface area contributed by atoms with Crippen molar-refractivity contribution < 1.29 is 0 Å². The third-order valence-electron chi connectivity index (χ3n) is 5.87. The second kappa shape index (κ2) is 4.61. The Kier molecular flexibility index (Phi) is 3.00. The van der Waals surface area contributed by atoms with E-state index in [4.69, 9.17) is 0 Å². The summed E-state index contributed by atoms with van der Waals surface area (Å²) in [5.74, 6) is 1.49. The molecule has 1 aliphatic carbocycles. The Labute approximate surface area is 133 Å². The van der Waals surface area contributed by atoms with Gasteiger partial charge in [0.1, 0.15) is 0 Å². The molecule has 0 saturated carbocycles. The minimum absolute atomic E-state index is 0.203. The lowest BCUT2D eigenvalue weighted by atomic mass is 9.71. The van der Waals surface area contributed by atoms with E-state index in [1.165, 1.54) is 41.4 Å². The van der Waals surface area contributed by atoms with Crippen LogP contribution in [0.2, 0.25) is 0 Å². The number of hydrogen-bond acceptors (Lipinski definition) is 1. The number of aromatic nitrogens is 1. The first-order valence-corrected chi connectivity index (χ1v) is 8.69. The second-order valence-corrected chi connectivity index (χ2v) is 8.71. The molecule has 1 unspecified atom stereocenters. The molecule has 1 aromatic heterocycles. The molecule has 1 fully saturated rings. The van der Waals surface area contributed by atoms with Crippen LogP contribution in [-0.4, -0.2) is 29.5 Å². The highest BCUT2D eigenvalue weighted by atomic mass is 15.1. The maximum absolute atomic E-state index is 3.55. The molecule has 2 heterocycles. The standard InChI is InChI=1S/C20H28N2/c1-12-6-15-16-8-14(20(2,3)4)9-17-19(16)13(10-21-17)7-18(15)22(5)11-12/h8-10,12,15,18,21H,6-7,11H2,1-5H3/t12-,15?,18+/m0/s1. The first kappa shape index (κ1) is 14.3. The SMILES string of the molecule is C[C@H]1CC2c3cc(C(C)(C)C)cc4[nH]cc(c34)C[C@H]2N(C)C1. The van der Waals surface area contributed by atoms with Crippen LogP contribution in [0.1, 0.15) is 56.7 Å². The zero-order valence-electron chi connectivity index (χ0n) is 14.5. The smallest absolute Gasteiger partial charge is 0.0462 e. The second-order valence-electron chi connectivity index (χ2n) is 8.71. The molecular formula is C20H28N2. The third-order valence-corrected chi connectivity index (χ3v) is 5.87. The van der Waals surface area contributed by atoms with Gasteiger partial charge in [-0.2, -0.15) is 0 Å². The monoisotopic (exact) mass is 296 g/mol. The summed E-state index contributed by atoms with van der Waals surface area (Å²) >= 11 is 0. The van der Waals surface area contributed by atoms with Gasteiger partial charge < -0.3 is 9.88 Å². The molecule has 0 radical (unpaired) electrons. The van der Waals surface area contributed by atoms with E-state index in [0.29, 0.717) is 12.0 Å². The summed E-state index contributed by atoms with van der Waals surface area (Å²) in [6.07, 6.45) is 4.79. The minimum Gasteiger partial charge on any atom is -0.361 e. The Morgan fingerprint density at radius 1 is 1.23 bits per heavy atom. The number of likely N-dealkylation sites (N-methyl/N-ethyl adjacent to an activating group) is 1. The molecule has 0 spiro atoms. The molecule has 3 atom stereocenters. The molecule has 0 bridgehead atoms. The van der Waals surface area contributed by atoms with Gasteiger partial charge in [0.15, 0.2) is 0 Å². The molecule has 118 valence electrons. The summed E-state index contributed by atoms with van der Waals surface area (Å²) in [5, 5.41) is 1.52. The lowest BCUT2D eigenvalue weighted by Gasteiger charge is -2.45. The Morgan fingerprint density at radius 3 is 2.73 bits per heavy atom. The van der Waals surface area contributed by atoms with E-state index in [0.717, 1.165) is 5.92 Å². The fraction of sp³-hybridized carbons (Fsp3) is 0.600. The van der Waals surface area contributed by atoms with E-state index >= 15 is 0 Å². The highest BCUT2D eigenvalue weighted by molar-refractivity contribution is 5.89. The maximum Gasteiger partial charge on any atom is 0.0462 e. The normalized spacial score (nSPS) is 28.9. The Morgan fingerprint density at radius 2 is 2.00 bits per heavy atom. The number of H-pyrrole nitrogens is 1. The number of fused-ring (bicyclic) bond motifs is 2. The van der Waals surface area contributed by atoms with Crippen LogP contribution in [0.25, 0.3) is 10.9 Å². The van der Waals surface area contributed by atoms with Gasteiger partial charge in [0.25, 0.3) is 0 Å². The predicted octanol–water partition coefficient (Wildman–Crippen LogP) is 4.45. The van der Waals surface area contributed by atoms with Crippen LogP contribution in [0, 0.1) is 5.92 Å². The summed E-state index contributed by atoms with van der Waals surface area (Å²) in [5.41, 5.74) is 6.14. The fourth-order valence-corrected chi connectivity index (χ4v) is 4.72. The van der Waals surface area contributed by atoms with Crippen molar-refractivity contribution in [1.82, 2.24) is 9.88 Å². The van der Waals surface area contributed by atoms with Crippen LogP contribution in [0.15, 0.2) is 18.3 Å². The van der Waals surface area contributed by atoms with Crippen molar-refractivity contribution in [2.75, 3.05) is 13.6 Å². The van der Waals surface area contributed by atoms with Crippen molar-refractivity contribution in [3.8, 4) is 0 Å². The average Bonchev–Trinajstić information content (AvgIpc) is 2.83. The molecule has 2 heteroatoms. The van der Waals surface area contributed by atoms with Crippen molar-refractivity contribution in [2.24, 2.45) is 5.92 Å². The minimum atomic E-state index is 0.203. The van der Waals surface area contributed by atoms with Crippen molar-refractivity contribution in [1.29, 1.82) is 0 Å². The van der Waals surface area contributed by atoms with Crippen LogP contribution < -0.4 is 0 Å². The van der Waals surface area contributed by atoms with E-state index in [1.54, 1.807) is 5.56 Å². The summed E-state index contributed by atoms with van der Waals surface area (Å²) in [6, 6.07) is 5.57. The molecular weight excluding hydrogens is 268 g/mol. The van der Waals surface area contributed by atoms with E-state index in [9.17, 15) is 0 Å². The zero-order valence-corrected chi connectivity index (χ0v) is 14.5. The number of likely N-dealkylation sites (tertiary alicyclic amines) is 1. The summed E-state index contributed by atoms with van der Waals surface area (Å²) in [6.45, 7) is 10.6. The summed E-state index contributed by atoms with van der Waals surface area (Å²) in [7, 11) is 2.32. The van der Waals surface area contributed by atoms with Crippen molar-refractivity contribution in [2.45, 2.75) is 57.9 Å². The molecule has 1 aliphatic heterocycles. The number of aromatic amines is 1.